The SMILES string of the molecule is COc1ccc(CC[C@@]2(C)C(=O)N(C(=O)N[C@H](C)c3ccccc3)[C@@H]2C(=O)OCc2ccccc2)cc1. The zero-order chi connectivity index (χ0) is 26.4. The summed E-state index contributed by atoms with van der Waals surface area (Å²) >= 11 is 0. The number of likely N-dealkylation sites (tertiary alicyclic amines) is 1. The lowest BCUT2D eigenvalue weighted by Crippen LogP contribution is -2.73. The van der Waals surface area contributed by atoms with Crippen molar-refractivity contribution in [1.29, 1.82) is 0 Å². The van der Waals surface area contributed by atoms with Crippen LogP contribution in [-0.2, 0) is 27.4 Å². The minimum Gasteiger partial charge on any atom is -0.497 e. The predicted octanol–water partition coefficient (Wildman–Crippen LogP) is 5.06. The van der Waals surface area contributed by atoms with Crippen LogP contribution in [0.15, 0.2) is 84.9 Å². The first-order chi connectivity index (χ1) is 17.8. The summed E-state index contributed by atoms with van der Waals surface area (Å²) in [6, 6.07) is 24.4. The minimum atomic E-state index is -1.07. The van der Waals surface area contributed by atoms with Gasteiger partial charge < -0.3 is 14.8 Å². The first-order valence-electron chi connectivity index (χ1n) is 12.4. The average Bonchev–Trinajstić information content (AvgIpc) is 2.94. The number of benzene rings is 3. The van der Waals surface area contributed by atoms with Gasteiger partial charge in [-0.15, -0.1) is 0 Å². The number of amides is 3. The van der Waals surface area contributed by atoms with Crippen molar-refractivity contribution < 1.29 is 23.9 Å². The third-order valence-electron chi connectivity index (χ3n) is 6.97. The predicted molar refractivity (Wildman–Crippen MR) is 140 cm³/mol. The van der Waals surface area contributed by atoms with E-state index in [9.17, 15) is 14.4 Å². The lowest BCUT2D eigenvalue weighted by atomic mass is 9.68. The van der Waals surface area contributed by atoms with E-state index in [2.05, 4.69) is 5.32 Å². The van der Waals surface area contributed by atoms with E-state index in [0.717, 1.165) is 27.3 Å². The highest BCUT2D eigenvalue weighted by Crippen LogP contribution is 2.44. The van der Waals surface area contributed by atoms with E-state index >= 15 is 0 Å². The summed E-state index contributed by atoms with van der Waals surface area (Å²) in [5.74, 6) is -0.240. The van der Waals surface area contributed by atoms with Crippen LogP contribution in [0.4, 0.5) is 4.79 Å². The zero-order valence-corrected chi connectivity index (χ0v) is 21.3. The maximum Gasteiger partial charge on any atom is 0.330 e. The number of esters is 1. The number of hydrogen-bond acceptors (Lipinski definition) is 5. The number of urea groups is 1. The number of rotatable bonds is 9. The van der Waals surface area contributed by atoms with Gasteiger partial charge >= 0.3 is 12.0 Å². The summed E-state index contributed by atoms with van der Waals surface area (Å²) in [5.41, 5.74) is 1.66. The highest BCUT2D eigenvalue weighted by Gasteiger charge is 2.63. The van der Waals surface area contributed by atoms with Crippen molar-refractivity contribution in [2.45, 2.75) is 45.4 Å². The number of carbonyl (C=O) groups is 3. The van der Waals surface area contributed by atoms with E-state index in [1.807, 2.05) is 91.9 Å². The number of methoxy groups -OCH3 is 1. The molecule has 3 aromatic carbocycles. The molecule has 0 saturated carbocycles. The summed E-state index contributed by atoms with van der Waals surface area (Å²) in [4.78, 5) is 40.9. The quantitative estimate of drug-likeness (QED) is 0.328. The van der Waals surface area contributed by atoms with E-state index < -0.39 is 23.5 Å². The Bertz CT molecular complexity index is 1230. The molecule has 3 aromatic rings. The number of β-lactam (4-membered cyclic amide) rings is 1. The Morgan fingerprint density at radius 3 is 2.19 bits per heavy atom. The number of aryl methyl sites for hydroxylation is 1. The van der Waals surface area contributed by atoms with Gasteiger partial charge in [-0.1, -0.05) is 72.8 Å². The number of hydrogen-bond donors (Lipinski definition) is 1. The third-order valence-corrected chi connectivity index (χ3v) is 6.97. The van der Waals surface area contributed by atoms with E-state index in [1.165, 1.54) is 0 Å². The highest BCUT2D eigenvalue weighted by molar-refractivity contribution is 6.10. The Morgan fingerprint density at radius 2 is 1.57 bits per heavy atom. The van der Waals surface area contributed by atoms with Crippen molar-refractivity contribution in [3.63, 3.8) is 0 Å². The molecule has 1 heterocycles. The van der Waals surface area contributed by atoms with Gasteiger partial charge in [-0.25, -0.2) is 14.5 Å². The topological polar surface area (TPSA) is 84.9 Å². The van der Waals surface area contributed by atoms with E-state index in [0.29, 0.717) is 12.8 Å². The van der Waals surface area contributed by atoms with Crippen LogP contribution in [0.1, 0.15) is 43.0 Å². The van der Waals surface area contributed by atoms with Crippen molar-refractivity contribution in [2.24, 2.45) is 5.41 Å². The van der Waals surface area contributed by atoms with Gasteiger partial charge in [0.2, 0.25) is 5.91 Å². The molecule has 0 unspecified atom stereocenters. The molecule has 0 aromatic heterocycles. The van der Waals surface area contributed by atoms with Gasteiger partial charge in [0, 0.05) is 0 Å². The maximum absolute atomic E-state index is 13.4. The smallest absolute Gasteiger partial charge is 0.330 e. The fourth-order valence-corrected chi connectivity index (χ4v) is 4.63. The maximum atomic E-state index is 13.4. The molecule has 3 atom stereocenters. The molecule has 3 amide bonds. The number of nitrogens with one attached hydrogen (secondary N) is 1. The molecule has 1 fully saturated rings. The van der Waals surface area contributed by atoms with Crippen molar-refractivity contribution in [3.8, 4) is 5.75 Å². The molecule has 1 saturated heterocycles. The normalized spacial score (nSPS) is 19.5. The van der Waals surface area contributed by atoms with Gasteiger partial charge in [-0.3, -0.25) is 4.79 Å². The summed E-state index contributed by atoms with van der Waals surface area (Å²) in [6.07, 6.45) is 0.950. The second kappa shape index (κ2) is 11.3. The molecule has 0 bridgehead atoms. The highest BCUT2D eigenvalue weighted by atomic mass is 16.5. The van der Waals surface area contributed by atoms with Crippen LogP contribution in [0.5, 0.6) is 5.75 Å². The third kappa shape index (κ3) is 5.66. The van der Waals surface area contributed by atoms with Crippen molar-refractivity contribution >= 4 is 17.9 Å². The molecule has 192 valence electrons. The van der Waals surface area contributed by atoms with Gasteiger partial charge in [0.1, 0.15) is 12.4 Å². The molecular formula is C30H32N2O5. The van der Waals surface area contributed by atoms with Crippen molar-refractivity contribution in [2.75, 3.05) is 7.11 Å². The molecule has 0 radical (unpaired) electrons. The number of imide groups is 1. The van der Waals surface area contributed by atoms with Gasteiger partial charge in [0.05, 0.1) is 18.6 Å². The first-order valence-corrected chi connectivity index (χ1v) is 12.4. The Labute approximate surface area is 217 Å². The van der Waals surface area contributed by atoms with E-state index in [-0.39, 0.29) is 18.6 Å². The molecule has 1 aliphatic heterocycles. The van der Waals surface area contributed by atoms with E-state index in [1.54, 1.807) is 14.0 Å². The molecule has 0 spiro atoms. The summed E-state index contributed by atoms with van der Waals surface area (Å²) < 4.78 is 10.8. The lowest BCUT2D eigenvalue weighted by molar-refractivity contribution is -0.181. The molecule has 37 heavy (non-hydrogen) atoms. The Hall–Kier alpha value is -4.13. The van der Waals surface area contributed by atoms with Gasteiger partial charge in [0.25, 0.3) is 0 Å². The molecule has 4 rings (SSSR count). The van der Waals surface area contributed by atoms with Gasteiger partial charge in [0.15, 0.2) is 6.04 Å². The van der Waals surface area contributed by atoms with Crippen LogP contribution in [-0.4, -0.2) is 36.0 Å². The largest absolute Gasteiger partial charge is 0.497 e. The summed E-state index contributed by atoms with van der Waals surface area (Å²) in [5, 5.41) is 2.86. The Balaban J connectivity index is 1.51. The molecular weight excluding hydrogens is 468 g/mol. The molecule has 0 aliphatic carbocycles. The van der Waals surface area contributed by atoms with Crippen LogP contribution < -0.4 is 10.1 Å². The summed E-state index contributed by atoms with van der Waals surface area (Å²) in [6.45, 7) is 3.63. The monoisotopic (exact) mass is 500 g/mol. The minimum absolute atomic E-state index is 0.0643. The first kappa shape index (κ1) is 25.9. The number of ether oxygens (including phenoxy) is 2. The fraction of sp³-hybridized carbons (Fsp3) is 0.300. The zero-order valence-electron chi connectivity index (χ0n) is 21.3. The van der Waals surface area contributed by atoms with E-state index in [4.69, 9.17) is 9.47 Å². The standard InChI is InChI=1S/C30H32N2O5/c1-21(24-12-8-5-9-13-24)31-29(35)32-26(27(33)37-20-23-10-6-4-7-11-23)30(2,28(32)34)19-18-22-14-16-25(36-3)17-15-22/h4-17,21,26H,18-20H2,1-3H3,(H,31,35)/t21-,26-,30-/m1/s1. The van der Waals surface area contributed by atoms with Crippen LogP contribution in [0, 0.1) is 5.41 Å². The lowest BCUT2D eigenvalue weighted by Gasteiger charge is -2.51. The van der Waals surface area contributed by atoms with Crippen LogP contribution in [0.25, 0.3) is 0 Å². The van der Waals surface area contributed by atoms with Crippen LogP contribution >= 0.6 is 0 Å². The van der Waals surface area contributed by atoms with Crippen LogP contribution in [0.3, 0.4) is 0 Å². The molecule has 7 nitrogen and oxygen atoms in total. The van der Waals surface area contributed by atoms with Gasteiger partial charge in [-0.2, -0.15) is 0 Å². The Morgan fingerprint density at radius 1 is 0.946 bits per heavy atom. The Kier molecular flexibility index (Phi) is 7.92. The molecule has 1 aliphatic rings. The number of nitrogens with zero attached hydrogens (tertiary/aromatic N) is 1. The second-order valence-corrected chi connectivity index (χ2v) is 9.52. The number of carbonyl (C=O) groups excluding carboxylic acids is 3. The fourth-order valence-electron chi connectivity index (χ4n) is 4.63. The van der Waals surface area contributed by atoms with Gasteiger partial charge in [-0.05, 0) is 55.5 Å². The molecule has 7 heteroatoms. The van der Waals surface area contributed by atoms with Crippen molar-refractivity contribution in [1.82, 2.24) is 10.2 Å². The summed E-state index contributed by atoms with van der Waals surface area (Å²) in [7, 11) is 1.60. The molecule has 1 N–H and O–H groups in total. The van der Waals surface area contributed by atoms with Crippen LogP contribution in [0.2, 0.25) is 0 Å². The second-order valence-electron chi connectivity index (χ2n) is 9.52. The van der Waals surface area contributed by atoms with Crippen molar-refractivity contribution in [3.05, 3.63) is 102 Å². The average molecular weight is 501 g/mol.